The van der Waals surface area contributed by atoms with Gasteiger partial charge in [0.15, 0.2) is 11.5 Å². The molecule has 1 aromatic heterocycles. The first kappa shape index (κ1) is 16.9. The number of nitrogens with one attached hydrogen (secondary N) is 2. The zero-order valence-electron chi connectivity index (χ0n) is 14.9. The number of nitrogens with zero attached hydrogens (tertiary/aromatic N) is 1. The number of carbonyl (C=O) groups excluding carboxylic acids is 1. The molecule has 0 spiro atoms. The maximum absolute atomic E-state index is 12.5. The fourth-order valence-corrected chi connectivity index (χ4v) is 2.75. The minimum absolute atomic E-state index is 0.174. The third-order valence-corrected chi connectivity index (χ3v) is 4.24. The van der Waals surface area contributed by atoms with Gasteiger partial charge >= 0.3 is 0 Å². The maximum Gasteiger partial charge on any atom is 0.255 e. The van der Waals surface area contributed by atoms with E-state index in [1.165, 1.54) is 0 Å². The number of aryl methyl sites for hydroxylation is 1. The van der Waals surface area contributed by atoms with Crippen LogP contribution in [-0.4, -0.2) is 17.7 Å². The van der Waals surface area contributed by atoms with E-state index in [4.69, 9.17) is 9.47 Å². The average molecular weight is 361 g/mol. The van der Waals surface area contributed by atoms with Gasteiger partial charge in [-0.05, 0) is 48.9 Å². The molecule has 0 aliphatic carbocycles. The number of fused-ring (bicyclic) bond motifs is 1. The minimum atomic E-state index is -0.174. The number of rotatable bonds is 5. The summed E-state index contributed by atoms with van der Waals surface area (Å²) in [5, 5.41) is 6.12. The van der Waals surface area contributed by atoms with Crippen LogP contribution in [0.2, 0.25) is 0 Å². The van der Waals surface area contributed by atoms with Crippen LogP contribution in [0.4, 0.5) is 11.5 Å². The molecule has 0 atom stereocenters. The molecule has 0 saturated heterocycles. The van der Waals surface area contributed by atoms with Gasteiger partial charge in [0.1, 0.15) is 5.82 Å². The standard InChI is InChI=1S/C21H19N3O3/c1-14-2-5-17(6-3-14)24-21(25)16-8-9-22-20(11-16)23-12-15-4-7-18-19(10-15)27-13-26-18/h2-11H,12-13H2,1H3,(H,22,23)(H,24,25). The highest BCUT2D eigenvalue weighted by atomic mass is 16.7. The molecule has 0 bridgehead atoms. The van der Waals surface area contributed by atoms with E-state index in [9.17, 15) is 4.79 Å². The van der Waals surface area contributed by atoms with E-state index >= 15 is 0 Å². The van der Waals surface area contributed by atoms with Crippen LogP contribution in [0.3, 0.4) is 0 Å². The molecule has 2 heterocycles. The Morgan fingerprint density at radius 2 is 1.85 bits per heavy atom. The molecule has 0 radical (unpaired) electrons. The van der Waals surface area contributed by atoms with Crippen molar-refractivity contribution in [2.24, 2.45) is 0 Å². The van der Waals surface area contributed by atoms with Crippen LogP contribution in [0.5, 0.6) is 11.5 Å². The van der Waals surface area contributed by atoms with Crippen molar-refractivity contribution in [3.8, 4) is 11.5 Å². The molecule has 0 saturated carbocycles. The molecule has 136 valence electrons. The summed E-state index contributed by atoms with van der Waals surface area (Å²) in [6, 6.07) is 16.9. The van der Waals surface area contributed by atoms with E-state index < -0.39 is 0 Å². The van der Waals surface area contributed by atoms with E-state index in [2.05, 4.69) is 15.6 Å². The van der Waals surface area contributed by atoms with Crippen molar-refractivity contribution in [3.05, 3.63) is 77.5 Å². The van der Waals surface area contributed by atoms with Crippen molar-refractivity contribution in [2.75, 3.05) is 17.4 Å². The lowest BCUT2D eigenvalue weighted by Gasteiger charge is -2.09. The first-order chi connectivity index (χ1) is 13.2. The molecule has 2 aromatic carbocycles. The second kappa shape index (κ2) is 7.37. The van der Waals surface area contributed by atoms with Crippen molar-refractivity contribution in [2.45, 2.75) is 13.5 Å². The SMILES string of the molecule is Cc1ccc(NC(=O)c2ccnc(NCc3ccc4c(c3)OCO4)c2)cc1. The van der Waals surface area contributed by atoms with Crippen LogP contribution < -0.4 is 20.1 Å². The van der Waals surface area contributed by atoms with Gasteiger partial charge in [-0.2, -0.15) is 0 Å². The van der Waals surface area contributed by atoms with Crippen LogP contribution in [0.25, 0.3) is 0 Å². The number of carbonyl (C=O) groups is 1. The number of ether oxygens (including phenoxy) is 2. The molecule has 2 N–H and O–H groups in total. The maximum atomic E-state index is 12.5. The Kier molecular flexibility index (Phi) is 4.61. The lowest BCUT2D eigenvalue weighted by molar-refractivity contribution is 0.102. The average Bonchev–Trinajstić information content (AvgIpc) is 3.16. The Balaban J connectivity index is 1.41. The van der Waals surface area contributed by atoms with E-state index in [0.29, 0.717) is 17.9 Å². The Morgan fingerprint density at radius 3 is 2.70 bits per heavy atom. The highest BCUT2D eigenvalue weighted by Crippen LogP contribution is 2.32. The minimum Gasteiger partial charge on any atom is -0.454 e. The van der Waals surface area contributed by atoms with Crippen LogP contribution in [0.1, 0.15) is 21.5 Å². The van der Waals surface area contributed by atoms with Gasteiger partial charge < -0.3 is 20.1 Å². The van der Waals surface area contributed by atoms with E-state index in [1.807, 2.05) is 49.4 Å². The van der Waals surface area contributed by atoms with E-state index in [1.54, 1.807) is 18.3 Å². The summed E-state index contributed by atoms with van der Waals surface area (Å²) in [7, 11) is 0. The fraction of sp³-hybridized carbons (Fsp3) is 0.143. The number of hydrogen-bond donors (Lipinski definition) is 2. The summed E-state index contributed by atoms with van der Waals surface area (Å²) >= 11 is 0. The third kappa shape index (κ3) is 4.00. The molecule has 6 heteroatoms. The summed E-state index contributed by atoms with van der Waals surface area (Å²) in [4.78, 5) is 16.7. The topological polar surface area (TPSA) is 72.5 Å². The van der Waals surface area contributed by atoms with Crippen molar-refractivity contribution in [3.63, 3.8) is 0 Å². The summed E-state index contributed by atoms with van der Waals surface area (Å²) in [5.41, 5.74) is 3.48. The molecular formula is C21H19N3O3. The molecule has 0 fully saturated rings. The molecule has 1 amide bonds. The smallest absolute Gasteiger partial charge is 0.255 e. The van der Waals surface area contributed by atoms with Crippen LogP contribution in [0.15, 0.2) is 60.8 Å². The second-order valence-corrected chi connectivity index (χ2v) is 6.29. The monoisotopic (exact) mass is 361 g/mol. The largest absolute Gasteiger partial charge is 0.454 e. The lowest BCUT2D eigenvalue weighted by atomic mass is 10.2. The van der Waals surface area contributed by atoms with Crippen molar-refractivity contribution < 1.29 is 14.3 Å². The fourth-order valence-electron chi connectivity index (χ4n) is 2.75. The van der Waals surface area contributed by atoms with Gasteiger partial charge in [0, 0.05) is 24.0 Å². The highest BCUT2D eigenvalue weighted by Gasteiger charge is 2.13. The zero-order chi connectivity index (χ0) is 18.6. The van der Waals surface area contributed by atoms with Gasteiger partial charge in [0.05, 0.1) is 0 Å². The summed E-state index contributed by atoms with van der Waals surface area (Å²) in [5.74, 6) is 1.96. The molecule has 0 unspecified atom stereocenters. The molecule has 4 rings (SSSR count). The number of pyridine rings is 1. The van der Waals surface area contributed by atoms with E-state index in [0.717, 1.165) is 28.3 Å². The normalized spacial score (nSPS) is 11.9. The first-order valence-corrected chi connectivity index (χ1v) is 8.64. The lowest BCUT2D eigenvalue weighted by Crippen LogP contribution is -2.12. The van der Waals surface area contributed by atoms with Crippen LogP contribution >= 0.6 is 0 Å². The summed E-state index contributed by atoms with van der Waals surface area (Å²) in [6.45, 7) is 2.82. The molecule has 3 aromatic rings. The number of hydrogen-bond acceptors (Lipinski definition) is 5. The zero-order valence-corrected chi connectivity index (χ0v) is 14.9. The van der Waals surface area contributed by atoms with Crippen LogP contribution in [0, 0.1) is 6.92 Å². The molecule has 6 nitrogen and oxygen atoms in total. The van der Waals surface area contributed by atoms with Gasteiger partial charge in [0.25, 0.3) is 5.91 Å². The Morgan fingerprint density at radius 1 is 1.04 bits per heavy atom. The second-order valence-electron chi connectivity index (χ2n) is 6.29. The van der Waals surface area contributed by atoms with Gasteiger partial charge in [-0.15, -0.1) is 0 Å². The van der Waals surface area contributed by atoms with Crippen molar-refractivity contribution >= 4 is 17.4 Å². The van der Waals surface area contributed by atoms with Crippen molar-refractivity contribution in [1.82, 2.24) is 4.98 Å². The van der Waals surface area contributed by atoms with E-state index in [-0.39, 0.29) is 12.7 Å². The van der Waals surface area contributed by atoms with Gasteiger partial charge in [-0.1, -0.05) is 23.8 Å². The molecule has 1 aliphatic rings. The molecule has 1 aliphatic heterocycles. The quantitative estimate of drug-likeness (QED) is 0.719. The number of aromatic nitrogens is 1. The molecule has 27 heavy (non-hydrogen) atoms. The predicted molar refractivity (Wildman–Crippen MR) is 103 cm³/mol. The number of amides is 1. The van der Waals surface area contributed by atoms with Gasteiger partial charge in [-0.3, -0.25) is 4.79 Å². The summed E-state index contributed by atoms with van der Waals surface area (Å²) in [6.07, 6.45) is 1.62. The predicted octanol–water partition coefficient (Wildman–Crippen LogP) is 3.98. The first-order valence-electron chi connectivity index (χ1n) is 8.64. The van der Waals surface area contributed by atoms with Crippen LogP contribution in [-0.2, 0) is 6.54 Å². The van der Waals surface area contributed by atoms with Gasteiger partial charge in [-0.25, -0.2) is 4.98 Å². The Hall–Kier alpha value is -3.54. The Bertz CT molecular complexity index is 971. The third-order valence-electron chi connectivity index (χ3n) is 4.24. The number of benzene rings is 2. The summed E-state index contributed by atoms with van der Waals surface area (Å²) < 4.78 is 10.7. The Labute approximate surface area is 157 Å². The van der Waals surface area contributed by atoms with Crippen molar-refractivity contribution in [1.29, 1.82) is 0 Å². The molecular weight excluding hydrogens is 342 g/mol. The number of anilines is 2. The highest BCUT2D eigenvalue weighted by molar-refractivity contribution is 6.04. The van der Waals surface area contributed by atoms with Gasteiger partial charge in [0.2, 0.25) is 6.79 Å².